The molecule has 44 heavy (non-hydrogen) atoms. The molecule has 0 spiro atoms. The van der Waals surface area contributed by atoms with Gasteiger partial charge in [0.05, 0.1) is 12.8 Å². The second-order valence-electron chi connectivity index (χ2n) is 14.5. The number of aromatic nitrogens is 1. The van der Waals surface area contributed by atoms with E-state index in [1.165, 1.54) is 33.4 Å². The van der Waals surface area contributed by atoms with Crippen LogP contribution in [0.5, 0.6) is 5.75 Å². The summed E-state index contributed by atoms with van der Waals surface area (Å²) < 4.78 is 5.99. The van der Waals surface area contributed by atoms with Gasteiger partial charge in [0.2, 0.25) is 0 Å². The van der Waals surface area contributed by atoms with E-state index in [0.717, 1.165) is 41.3 Å². The highest BCUT2D eigenvalue weighted by Crippen LogP contribution is 2.49. The lowest BCUT2D eigenvalue weighted by atomic mass is 9.78. The van der Waals surface area contributed by atoms with E-state index in [2.05, 4.69) is 108 Å². The van der Waals surface area contributed by atoms with Crippen molar-refractivity contribution in [2.75, 3.05) is 13.7 Å². The molecule has 3 aromatic carbocycles. The molecule has 1 fully saturated rings. The SMILES string of the molecule is COc1c(C(C)(C)C)cc(-c2nc(C3CCN(C(=O)O)C(CC4c5ccccc5-c5ccccc54)C3)cs2)cc1C(C)(C)C. The van der Waals surface area contributed by atoms with E-state index in [-0.39, 0.29) is 28.7 Å². The lowest BCUT2D eigenvalue weighted by Crippen LogP contribution is -2.45. The van der Waals surface area contributed by atoms with Crippen LogP contribution in [-0.2, 0) is 10.8 Å². The Bertz CT molecular complexity index is 1610. The summed E-state index contributed by atoms with van der Waals surface area (Å²) in [7, 11) is 1.77. The van der Waals surface area contributed by atoms with Crippen LogP contribution in [-0.4, -0.2) is 40.8 Å². The molecule has 1 aliphatic carbocycles. The molecular formula is C38H44N2O3S. The van der Waals surface area contributed by atoms with Crippen LogP contribution < -0.4 is 4.74 Å². The summed E-state index contributed by atoms with van der Waals surface area (Å²) in [5.74, 6) is 1.37. The van der Waals surface area contributed by atoms with Gasteiger partial charge in [-0.3, -0.25) is 0 Å². The molecule has 1 saturated heterocycles. The van der Waals surface area contributed by atoms with E-state index in [4.69, 9.17) is 9.72 Å². The van der Waals surface area contributed by atoms with Crippen molar-refractivity contribution in [2.24, 2.45) is 0 Å². The summed E-state index contributed by atoms with van der Waals surface area (Å²) in [4.78, 5) is 19.4. The van der Waals surface area contributed by atoms with Crippen LogP contribution in [0.25, 0.3) is 21.7 Å². The third-order valence-corrected chi connectivity index (χ3v) is 10.4. The zero-order chi connectivity index (χ0) is 31.4. The smallest absolute Gasteiger partial charge is 0.407 e. The topological polar surface area (TPSA) is 62.7 Å². The van der Waals surface area contributed by atoms with Crippen LogP contribution in [0.15, 0.2) is 66.0 Å². The summed E-state index contributed by atoms with van der Waals surface area (Å²) in [6.45, 7) is 13.9. The molecule has 0 bridgehead atoms. The number of thiazole rings is 1. The van der Waals surface area contributed by atoms with E-state index in [0.29, 0.717) is 6.54 Å². The predicted molar refractivity (Wildman–Crippen MR) is 180 cm³/mol. The Morgan fingerprint density at radius 3 is 2.05 bits per heavy atom. The van der Waals surface area contributed by atoms with Crippen LogP contribution >= 0.6 is 11.3 Å². The Labute approximate surface area is 265 Å². The molecule has 0 saturated carbocycles. The Morgan fingerprint density at radius 2 is 1.52 bits per heavy atom. The molecule has 4 aromatic rings. The Kier molecular flexibility index (Phi) is 7.86. The number of amides is 1. The van der Waals surface area contributed by atoms with Gasteiger partial charge >= 0.3 is 6.09 Å². The summed E-state index contributed by atoms with van der Waals surface area (Å²) in [5.41, 5.74) is 9.56. The normalized spacial score (nSPS) is 18.7. The average molecular weight is 609 g/mol. The van der Waals surface area contributed by atoms with Gasteiger partial charge in [-0.15, -0.1) is 11.3 Å². The van der Waals surface area contributed by atoms with Gasteiger partial charge in [-0.25, -0.2) is 9.78 Å². The number of fused-ring (bicyclic) bond motifs is 3. The molecule has 1 N–H and O–H groups in total. The highest BCUT2D eigenvalue weighted by molar-refractivity contribution is 7.13. The number of piperidine rings is 1. The molecule has 0 radical (unpaired) electrons. The van der Waals surface area contributed by atoms with Gasteiger partial charge < -0.3 is 14.7 Å². The molecule has 6 heteroatoms. The molecule has 1 amide bonds. The summed E-state index contributed by atoms with van der Waals surface area (Å²) >= 11 is 1.69. The standard InChI is InChI=1S/C38H44N2O3S/c1-37(2,3)31-19-24(20-32(34(31)43-7)38(4,5)6)35-39-33(22-44-35)23-16-17-40(36(41)42)25(18-23)21-30-28-14-10-8-12-26(28)27-13-9-11-15-29(27)30/h8-15,19-20,22-23,25,30H,16-18,21H2,1-7H3,(H,41,42). The third-order valence-electron chi connectivity index (χ3n) is 9.53. The number of hydrogen-bond acceptors (Lipinski definition) is 4. The molecule has 2 atom stereocenters. The van der Waals surface area contributed by atoms with E-state index >= 15 is 0 Å². The van der Waals surface area contributed by atoms with Crippen LogP contribution in [0.2, 0.25) is 0 Å². The first-order chi connectivity index (χ1) is 20.9. The molecule has 6 rings (SSSR count). The maximum absolute atomic E-state index is 12.4. The minimum atomic E-state index is -0.824. The highest BCUT2D eigenvalue weighted by Gasteiger charge is 2.38. The van der Waals surface area contributed by atoms with Crippen LogP contribution in [0.3, 0.4) is 0 Å². The largest absolute Gasteiger partial charge is 0.496 e. The molecule has 2 aliphatic rings. The molecule has 1 aromatic heterocycles. The predicted octanol–water partition coefficient (Wildman–Crippen LogP) is 9.84. The second-order valence-corrected chi connectivity index (χ2v) is 15.4. The van der Waals surface area contributed by atoms with Gasteiger partial charge in [-0.2, -0.15) is 0 Å². The average Bonchev–Trinajstić information content (AvgIpc) is 3.60. The first-order valence-electron chi connectivity index (χ1n) is 15.7. The lowest BCUT2D eigenvalue weighted by Gasteiger charge is -2.39. The fraction of sp³-hybridized carbons (Fsp3) is 0.421. The first-order valence-corrected chi connectivity index (χ1v) is 16.6. The van der Waals surface area contributed by atoms with Gasteiger partial charge in [0.15, 0.2) is 0 Å². The fourth-order valence-electron chi connectivity index (χ4n) is 7.27. The lowest BCUT2D eigenvalue weighted by molar-refractivity contribution is 0.0955. The number of likely N-dealkylation sites (tertiary alicyclic amines) is 1. The molecular weight excluding hydrogens is 564 g/mol. The Balaban J connectivity index is 1.31. The quantitative estimate of drug-likeness (QED) is 0.245. The van der Waals surface area contributed by atoms with Crippen molar-refractivity contribution in [3.63, 3.8) is 0 Å². The molecule has 2 unspecified atom stereocenters. The zero-order valence-electron chi connectivity index (χ0n) is 27.0. The first kappa shape index (κ1) is 30.4. The summed E-state index contributed by atoms with van der Waals surface area (Å²) in [6.07, 6.45) is 1.51. The van der Waals surface area contributed by atoms with Crippen molar-refractivity contribution in [1.82, 2.24) is 9.88 Å². The Hall–Kier alpha value is -3.64. The van der Waals surface area contributed by atoms with Crippen LogP contribution in [0, 0.1) is 0 Å². The number of nitrogens with zero attached hydrogens (tertiary/aromatic N) is 2. The van der Waals surface area contributed by atoms with Crippen molar-refractivity contribution >= 4 is 17.4 Å². The molecule has 230 valence electrons. The molecule has 5 nitrogen and oxygen atoms in total. The van der Waals surface area contributed by atoms with E-state index < -0.39 is 6.09 Å². The van der Waals surface area contributed by atoms with Gasteiger partial charge in [-0.1, -0.05) is 90.1 Å². The Morgan fingerprint density at radius 1 is 0.955 bits per heavy atom. The van der Waals surface area contributed by atoms with Gasteiger partial charge in [-0.05, 0) is 64.5 Å². The summed E-state index contributed by atoms with van der Waals surface area (Å²) in [6, 6.07) is 21.6. The number of benzene rings is 3. The highest BCUT2D eigenvalue weighted by atomic mass is 32.1. The maximum atomic E-state index is 12.4. The summed E-state index contributed by atoms with van der Waals surface area (Å²) in [5, 5.41) is 13.4. The maximum Gasteiger partial charge on any atom is 0.407 e. The van der Waals surface area contributed by atoms with Crippen molar-refractivity contribution in [3.8, 4) is 27.4 Å². The number of carbonyl (C=O) groups is 1. The second kappa shape index (κ2) is 11.4. The van der Waals surface area contributed by atoms with Crippen LogP contribution in [0.4, 0.5) is 4.79 Å². The van der Waals surface area contributed by atoms with Crippen molar-refractivity contribution < 1.29 is 14.6 Å². The molecule has 1 aliphatic heterocycles. The monoisotopic (exact) mass is 608 g/mol. The molecule has 2 heterocycles. The van der Waals surface area contributed by atoms with Gasteiger partial charge in [0, 0.05) is 46.5 Å². The van der Waals surface area contributed by atoms with E-state index in [1.54, 1.807) is 23.3 Å². The van der Waals surface area contributed by atoms with Crippen LogP contribution in [0.1, 0.15) is 101 Å². The van der Waals surface area contributed by atoms with Gasteiger partial charge in [0.1, 0.15) is 10.8 Å². The number of carboxylic acid groups (broad SMARTS) is 1. The third kappa shape index (κ3) is 5.53. The zero-order valence-corrected chi connectivity index (χ0v) is 27.8. The van der Waals surface area contributed by atoms with Crippen molar-refractivity contribution in [3.05, 3.63) is 94.0 Å². The van der Waals surface area contributed by atoms with Gasteiger partial charge in [0.25, 0.3) is 0 Å². The van der Waals surface area contributed by atoms with Crippen molar-refractivity contribution in [2.45, 2.75) is 89.5 Å². The minimum Gasteiger partial charge on any atom is -0.496 e. The van der Waals surface area contributed by atoms with E-state index in [9.17, 15) is 9.90 Å². The van der Waals surface area contributed by atoms with E-state index in [1.807, 2.05) is 0 Å². The number of rotatable bonds is 5. The number of methoxy groups -OCH3 is 1. The number of ether oxygens (including phenoxy) is 1. The minimum absolute atomic E-state index is 0.0819. The fourth-order valence-corrected chi connectivity index (χ4v) is 8.16. The number of hydrogen-bond donors (Lipinski definition) is 1. The van der Waals surface area contributed by atoms with Crippen molar-refractivity contribution in [1.29, 1.82) is 0 Å².